The third kappa shape index (κ3) is 6.88. The maximum absolute atomic E-state index is 5.76. The predicted octanol–water partition coefficient (Wildman–Crippen LogP) is 2.84. The Morgan fingerprint density at radius 1 is 1.00 bits per heavy atom. The Balaban J connectivity index is 3.78. The molecular formula is C12H26O3. The molecule has 0 spiro atoms. The van der Waals surface area contributed by atoms with Gasteiger partial charge in [0.1, 0.15) is 0 Å². The molecule has 0 radical (unpaired) electrons. The molecule has 15 heavy (non-hydrogen) atoms. The summed E-state index contributed by atoms with van der Waals surface area (Å²) in [5.41, 5.74) is 0. The summed E-state index contributed by atoms with van der Waals surface area (Å²) in [7, 11) is 3.26. The smallest absolute Gasteiger partial charge is 0.180 e. The molecule has 0 aliphatic carbocycles. The van der Waals surface area contributed by atoms with Crippen LogP contribution in [0.3, 0.4) is 0 Å². The molecule has 0 aromatic rings. The minimum atomic E-state index is -0.240. The highest BCUT2D eigenvalue weighted by molar-refractivity contribution is 4.61. The average Bonchev–Trinajstić information content (AvgIpc) is 2.28. The molecule has 0 rings (SSSR count). The van der Waals surface area contributed by atoms with Crippen LogP contribution >= 0.6 is 0 Å². The molecular weight excluding hydrogens is 192 g/mol. The van der Waals surface area contributed by atoms with Gasteiger partial charge in [0, 0.05) is 14.2 Å². The van der Waals surface area contributed by atoms with Crippen LogP contribution in [-0.4, -0.2) is 33.2 Å². The molecule has 0 saturated heterocycles. The summed E-state index contributed by atoms with van der Waals surface area (Å²) in [5, 5.41) is 0. The molecule has 0 heterocycles. The zero-order chi connectivity index (χ0) is 11.7. The third-order valence-electron chi connectivity index (χ3n) is 2.81. The monoisotopic (exact) mass is 218 g/mol. The van der Waals surface area contributed by atoms with Gasteiger partial charge in [-0.1, -0.05) is 27.2 Å². The van der Waals surface area contributed by atoms with Gasteiger partial charge in [0.05, 0.1) is 12.7 Å². The van der Waals surface area contributed by atoms with Gasteiger partial charge in [0.15, 0.2) is 6.29 Å². The van der Waals surface area contributed by atoms with Crippen LogP contribution in [0.1, 0.15) is 40.0 Å². The molecule has 3 nitrogen and oxygen atoms in total. The highest BCUT2D eigenvalue weighted by Crippen LogP contribution is 2.15. The molecule has 0 N–H and O–H groups in total. The molecule has 0 saturated carbocycles. The number of hydrogen-bond donors (Lipinski definition) is 0. The van der Waals surface area contributed by atoms with Crippen LogP contribution in [0.4, 0.5) is 0 Å². The minimum Gasteiger partial charge on any atom is -0.373 e. The molecule has 2 atom stereocenters. The molecule has 0 bridgehead atoms. The van der Waals surface area contributed by atoms with Crippen molar-refractivity contribution in [3.63, 3.8) is 0 Å². The fraction of sp³-hybridized carbons (Fsp3) is 1.00. The summed E-state index contributed by atoms with van der Waals surface area (Å²) in [4.78, 5) is 0. The van der Waals surface area contributed by atoms with E-state index in [2.05, 4.69) is 20.8 Å². The molecule has 92 valence electrons. The second-order valence-electron chi connectivity index (χ2n) is 4.01. The molecule has 2 unspecified atom stereocenters. The van der Waals surface area contributed by atoms with Crippen molar-refractivity contribution in [1.82, 2.24) is 0 Å². The minimum absolute atomic E-state index is 0.240. The van der Waals surface area contributed by atoms with Crippen molar-refractivity contribution in [3.8, 4) is 0 Å². The Hall–Kier alpha value is -0.120. The van der Waals surface area contributed by atoms with Crippen molar-refractivity contribution < 1.29 is 14.2 Å². The Labute approximate surface area is 94.1 Å². The number of methoxy groups -OCH3 is 2. The first-order chi connectivity index (χ1) is 7.17. The van der Waals surface area contributed by atoms with Crippen LogP contribution in [-0.2, 0) is 14.2 Å². The Morgan fingerprint density at radius 3 is 2.00 bits per heavy atom. The lowest BCUT2D eigenvalue weighted by Gasteiger charge is -2.22. The lowest BCUT2D eigenvalue weighted by Crippen LogP contribution is -2.25. The zero-order valence-corrected chi connectivity index (χ0v) is 10.8. The molecule has 0 aromatic heterocycles. The van der Waals surface area contributed by atoms with Crippen molar-refractivity contribution in [2.24, 2.45) is 5.92 Å². The summed E-state index contributed by atoms with van der Waals surface area (Å²) in [6.45, 7) is 7.14. The predicted molar refractivity (Wildman–Crippen MR) is 61.9 cm³/mol. The van der Waals surface area contributed by atoms with E-state index in [4.69, 9.17) is 14.2 Å². The van der Waals surface area contributed by atoms with Crippen LogP contribution in [0, 0.1) is 5.92 Å². The SMILES string of the molecule is CCC(C)CC(CC)OCC(OC)OC. The standard InChI is InChI=1S/C12H26O3/c1-6-10(3)8-11(7-2)15-9-12(13-4)14-5/h10-12H,6-9H2,1-5H3. The molecule has 0 aromatic carbocycles. The molecule has 0 aliphatic rings. The maximum atomic E-state index is 5.76. The first-order valence-corrected chi connectivity index (χ1v) is 5.85. The fourth-order valence-corrected chi connectivity index (χ4v) is 1.41. The Bertz CT molecular complexity index is 135. The lowest BCUT2D eigenvalue weighted by molar-refractivity contribution is -0.153. The highest BCUT2D eigenvalue weighted by Gasteiger charge is 2.13. The van der Waals surface area contributed by atoms with E-state index in [-0.39, 0.29) is 6.29 Å². The Kier molecular flexibility index (Phi) is 9.06. The van der Waals surface area contributed by atoms with E-state index in [0.29, 0.717) is 12.7 Å². The van der Waals surface area contributed by atoms with Crippen molar-refractivity contribution in [2.45, 2.75) is 52.4 Å². The summed E-state index contributed by atoms with van der Waals surface area (Å²) < 4.78 is 15.9. The van der Waals surface area contributed by atoms with Gasteiger partial charge in [0.25, 0.3) is 0 Å². The second-order valence-corrected chi connectivity index (χ2v) is 4.01. The van der Waals surface area contributed by atoms with Crippen molar-refractivity contribution in [2.75, 3.05) is 20.8 Å². The van der Waals surface area contributed by atoms with E-state index in [9.17, 15) is 0 Å². The molecule has 0 fully saturated rings. The van der Waals surface area contributed by atoms with E-state index in [1.54, 1.807) is 14.2 Å². The number of hydrogen-bond acceptors (Lipinski definition) is 3. The number of rotatable bonds is 9. The third-order valence-corrected chi connectivity index (χ3v) is 2.81. The largest absolute Gasteiger partial charge is 0.373 e. The van der Waals surface area contributed by atoms with Crippen molar-refractivity contribution in [1.29, 1.82) is 0 Å². The van der Waals surface area contributed by atoms with Crippen LogP contribution < -0.4 is 0 Å². The van der Waals surface area contributed by atoms with E-state index >= 15 is 0 Å². The van der Waals surface area contributed by atoms with Gasteiger partial charge >= 0.3 is 0 Å². The van der Waals surface area contributed by atoms with E-state index in [1.165, 1.54) is 6.42 Å². The normalized spacial score (nSPS) is 15.6. The van der Waals surface area contributed by atoms with Gasteiger partial charge in [-0.15, -0.1) is 0 Å². The Morgan fingerprint density at radius 2 is 1.60 bits per heavy atom. The molecule has 0 amide bonds. The van der Waals surface area contributed by atoms with Gasteiger partial charge in [-0.25, -0.2) is 0 Å². The highest BCUT2D eigenvalue weighted by atomic mass is 16.7. The summed E-state index contributed by atoms with van der Waals surface area (Å²) in [6, 6.07) is 0. The van der Waals surface area contributed by atoms with E-state index < -0.39 is 0 Å². The van der Waals surface area contributed by atoms with Crippen LogP contribution in [0.2, 0.25) is 0 Å². The van der Waals surface area contributed by atoms with Gasteiger partial charge in [-0.3, -0.25) is 0 Å². The molecule has 0 aliphatic heterocycles. The van der Waals surface area contributed by atoms with Crippen molar-refractivity contribution >= 4 is 0 Å². The quantitative estimate of drug-likeness (QED) is 0.557. The van der Waals surface area contributed by atoms with E-state index in [0.717, 1.165) is 18.8 Å². The first-order valence-electron chi connectivity index (χ1n) is 5.85. The molecule has 3 heteroatoms. The summed E-state index contributed by atoms with van der Waals surface area (Å²) in [6.07, 6.45) is 3.46. The van der Waals surface area contributed by atoms with Crippen LogP contribution in [0.5, 0.6) is 0 Å². The fourth-order valence-electron chi connectivity index (χ4n) is 1.41. The first kappa shape index (κ1) is 14.9. The summed E-state index contributed by atoms with van der Waals surface area (Å²) in [5.74, 6) is 0.721. The van der Waals surface area contributed by atoms with Gasteiger partial charge < -0.3 is 14.2 Å². The van der Waals surface area contributed by atoms with Crippen LogP contribution in [0.25, 0.3) is 0 Å². The van der Waals surface area contributed by atoms with Gasteiger partial charge in [-0.2, -0.15) is 0 Å². The van der Waals surface area contributed by atoms with Gasteiger partial charge in [0.2, 0.25) is 0 Å². The van der Waals surface area contributed by atoms with Gasteiger partial charge in [-0.05, 0) is 18.8 Å². The average molecular weight is 218 g/mol. The number of ether oxygens (including phenoxy) is 3. The second kappa shape index (κ2) is 9.13. The lowest BCUT2D eigenvalue weighted by atomic mass is 10.00. The van der Waals surface area contributed by atoms with Crippen molar-refractivity contribution in [3.05, 3.63) is 0 Å². The zero-order valence-electron chi connectivity index (χ0n) is 10.8. The summed E-state index contributed by atoms with van der Waals surface area (Å²) >= 11 is 0. The maximum Gasteiger partial charge on any atom is 0.180 e. The topological polar surface area (TPSA) is 27.7 Å². The van der Waals surface area contributed by atoms with E-state index in [1.807, 2.05) is 0 Å². The van der Waals surface area contributed by atoms with Crippen LogP contribution in [0.15, 0.2) is 0 Å².